The van der Waals surface area contributed by atoms with Crippen molar-refractivity contribution < 1.29 is 0 Å². The Balaban J connectivity index is 1.59. The van der Waals surface area contributed by atoms with E-state index in [-0.39, 0.29) is 6.04 Å². The summed E-state index contributed by atoms with van der Waals surface area (Å²) in [6.45, 7) is 7.63. The van der Waals surface area contributed by atoms with Crippen LogP contribution in [-0.4, -0.2) is 26.5 Å². The molecule has 0 radical (unpaired) electrons. The van der Waals surface area contributed by atoms with Gasteiger partial charge in [-0.1, -0.05) is 6.07 Å². The van der Waals surface area contributed by atoms with Gasteiger partial charge in [-0.15, -0.1) is 0 Å². The molecule has 28 heavy (non-hydrogen) atoms. The minimum atomic E-state index is 0.0411. The normalized spacial score (nSPS) is 14.5. The van der Waals surface area contributed by atoms with Crippen LogP contribution in [0.5, 0.6) is 0 Å². The molecule has 4 rings (SSSR count). The first kappa shape index (κ1) is 18.2. The summed E-state index contributed by atoms with van der Waals surface area (Å²) in [5.41, 5.74) is 12.5. The topological polar surface area (TPSA) is 92.9 Å². The first-order chi connectivity index (χ1) is 13.5. The molecule has 3 aromatic rings. The Kier molecular flexibility index (Phi) is 4.81. The molecule has 1 aromatic carbocycles. The predicted molar refractivity (Wildman–Crippen MR) is 111 cm³/mol. The second-order valence-corrected chi connectivity index (χ2v) is 7.31. The molecule has 1 aliphatic heterocycles. The first-order valence-electron chi connectivity index (χ1n) is 9.50. The Labute approximate surface area is 165 Å². The first-order valence-corrected chi connectivity index (χ1v) is 9.50. The van der Waals surface area contributed by atoms with E-state index >= 15 is 0 Å². The molecule has 0 aliphatic carbocycles. The molecule has 3 heterocycles. The molecule has 0 fully saturated rings. The number of hydrogen-bond acceptors (Lipinski definition) is 7. The summed E-state index contributed by atoms with van der Waals surface area (Å²) in [5.74, 6) is 1.62. The van der Waals surface area contributed by atoms with E-state index in [0.717, 1.165) is 59.3 Å². The van der Waals surface area contributed by atoms with Gasteiger partial charge in [-0.05, 0) is 38.5 Å². The van der Waals surface area contributed by atoms with E-state index in [2.05, 4.69) is 56.1 Å². The van der Waals surface area contributed by atoms with Gasteiger partial charge in [0.1, 0.15) is 18.0 Å². The second-order valence-electron chi connectivity index (χ2n) is 7.31. The zero-order chi connectivity index (χ0) is 19.7. The second kappa shape index (κ2) is 7.42. The SMILES string of the molecule is Cc1ccc(N2CCc3ncnc(N[C@@H](C)c4cnc(C)nc4)c3C2)c(N)c1. The highest BCUT2D eigenvalue weighted by molar-refractivity contribution is 5.69. The van der Waals surface area contributed by atoms with Crippen LogP contribution in [0, 0.1) is 13.8 Å². The van der Waals surface area contributed by atoms with E-state index in [1.165, 1.54) is 5.56 Å². The third-order valence-corrected chi connectivity index (χ3v) is 5.18. The number of benzene rings is 1. The molecule has 2 aromatic heterocycles. The Morgan fingerprint density at radius 1 is 1.11 bits per heavy atom. The van der Waals surface area contributed by atoms with Crippen LogP contribution in [0.25, 0.3) is 0 Å². The molecular formula is C21H25N7. The van der Waals surface area contributed by atoms with Crippen LogP contribution in [0.15, 0.2) is 36.9 Å². The average molecular weight is 375 g/mol. The highest BCUT2D eigenvalue weighted by Crippen LogP contribution is 2.32. The maximum absolute atomic E-state index is 6.28. The standard InChI is InChI=1S/C21H25N7/c1-13-4-5-20(18(22)8-13)28-7-6-19-17(11-28)21(26-12-25-19)27-14(2)16-9-23-15(3)24-10-16/h4-5,8-10,12,14H,6-7,11,22H2,1-3H3,(H,25,26,27)/t14-/m0/s1. The molecule has 0 saturated heterocycles. The van der Waals surface area contributed by atoms with Gasteiger partial charge in [-0.2, -0.15) is 0 Å². The van der Waals surface area contributed by atoms with Crippen molar-refractivity contribution in [2.24, 2.45) is 0 Å². The van der Waals surface area contributed by atoms with Crippen molar-refractivity contribution in [1.82, 2.24) is 19.9 Å². The van der Waals surface area contributed by atoms with Gasteiger partial charge in [0.15, 0.2) is 0 Å². The van der Waals surface area contributed by atoms with Gasteiger partial charge in [0.2, 0.25) is 0 Å². The summed E-state index contributed by atoms with van der Waals surface area (Å²) in [6.07, 6.45) is 6.21. The number of rotatable bonds is 4. The lowest BCUT2D eigenvalue weighted by Gasteiger charge is -2.32. The van der Waals surface area contributed by atoms with Crippen molar-refractivity contribution in [2.45, 2.75) is 39.8 Å². The number of nitrogens with one attached hydrogen (secondary N) is 1. The summed E-state index contributed by atoms with van der Waals surface area (Å²) in [4.78, 5) is 19.9. The lowest BCUT2D eigenvalue weighted by atomic mass is 10.0. The largest absolute Gasteiger partial charge is 0.397 e. The van der Waals surface area contributed by atoms with Crippen molar-refractivity contribution in [1.29, 1.82) is 0 Å². The Morgan fingerprint density at radius 3 is 2.64 bits per heavy atom. The number of aryl methyl sites for hydroxylation is 2. The zero-order valence-corrected chi connectivity index (χ0v) is 16.5. The van der Waals surface area contributed by atoms with Gasteiger partial charge in [-0.3, -0.25) is 0 Å². The summed E-state index contributed by atoms with van der Waals surface area (Å²) in [7, 11) is 0. The fourth-order valence-corrected chi connectivity index (χ4v) is 3.55. The molecule has 7 nitrogen and oxygen atoms in total. The summed E-state index contributed by atoms with van der Waals surface area (Å²) in [6, 6.07) is 6.25. The molecule has 3 N–H and O–H groups in total. The summed E-state index contributed by atoms with van der Waals surface area (Å²) < 4.78 is 0. The number of anilines is 3. The minimum absolute atomic E-state index is 0.0411. The minimum Gasteiger partial charge on any atom is -0.397 e. The third-order valence-electron chi connectivity index (χ3n) is 5.18. The molecule has 7 heteroatoms. The molecule has 1 atom stereocenters. The van der Waals surface area contributed by atoms with Crippen LogP contribution in [0.1, 0.15) is 41.2 Å². The van der Waals surface area contributed by atoms with Crippen LogP contribution in [-0.2, 0) is 13.0 Å². The number of nitrogen functional groups attached to an aromatic ring is 1. The van der Waals surface area contributed by atoms with Crippen LogP contribution >= 0.6 is 0 Å². The number of nitrogens with two attached hydrogens (primary N) is 1. The van der Waals surface area contributed by atoms with Crippen LogP contribution in [0.3, 0.4) is 0 Å². The number of aromatic nitrogens is 4. The number of fused-ring (bicyclic) bond motifs is 1. The average Bonchev–Trinajstić information content (AvgIpc) is 2.68. The van der Waals surface area contributed by atoms with Gasteiger partial charge < -0.3 is 16.0 Å². The van der Waals surface area contributed by atoms with Crippen LogP contribution < -0.4 is 16.0 Å². The smallest absolute Gasteiger partial charge is 0.135 e. The highest BCUT2D eigenvalue weighted by Gasteiger charge is 2.23. The zero-order valence-electron chi connectivity index (χ0n) is 16.5. The fraction of sp³-hybridized carbons (Fsp3) is 0.333. The molecule has 0 spiro atoms. The Bertz CT molecular complexity index is 985. The summed E-state index contributed by atoms with van der Waals surface area (Å²) >= 11 is 0. The molecular weight excluding hydrogens is 350 g/mol. The third kappa shape index (κ3) is 3.60. The highest BCUT2D eigenvalue weighted by atomic mass is 15.2. The van der Waals surface area contributed by atoms with Gasteiger partial charge in [0, 0.05) is 43.0 Å². The lowest BCUT2D eigenvalue weighted by molar-refractivity contribution is 0.703. The van der Waals surface area contributed by atoms with Crippen molar-refractivity contribution in [3.8, 4) is 0 Å². The van der Waals surface area contributed by atoms with E-state index in [9.17, 15) is 0 Å². The van der Waals surface area contributed by atoms with Gasteiger partial charge >= 0.3 is 0 Å². The van der Waals surface area contributed by atoms with E-state index < -0.39 is 0 Å². The van der Waals surface area contributed by atoms with Crippen LogP contribution in [0.4, 0.5) is 17.2 Å². The van der Waals surface area contributed by atoms with Crippen molar-refractivity contribution in [2.75, 3.05) is 22.5 Å². The summed E-state index contributed by atoms with van der Waals surface area (Å²) in [5, 5.41) is 3.51. The quantitative estimate of drug-likeness (QED) is 0.676. The molecule has 0 bridgehead atoms. The van der Waals surface area contributed by atoms with Gasteiger partial charge in [0.25, 0.3) is 0 Å². The van der Waals surface area contributed by atoms with Crippen molar-refractivity contribution in [3.05, 3.63) is 65.1 Å². The number of nitrogens with zero attached hydrogens (tertiary/aromatic N) is 5. The molecule has 1 aliphatic rings. The lowest BCUT2D eigenvalue weighted by Crippen LogP contribution is -2.32. The van der Waals surface area contributed by atoms with E-state index in [0.29, 0.717) is 0 Å². The fourth-order valence-electron chi connectivity index (χ4n) is 3.55. The van der Waals surface area contributed by atoms with E-state index in [1.54, 1.807) is 6.33 Å². The van der Waals surface area contributed by atoms with Gasteiger partial charge in [-0.25, -0.2) is 19.9 Å². The van der Waals surface area contributed by atoms with Crippen LogP contribution in [0.2, 0.25) is 0 Å². The maximum atomic E-state index is 6.28. The Hall–Kier alpha value is -3.22. The maximum Gasteiger partial charge on any atom is 0.135 e. The number of hydrogen-bond donors (Lipinski definition) is 2. The predicted octanol–water partition coefficient (Wildman–Crippen LogP) is 3.20. The molecule has 144 valence electrons. The molecule has 0 amide bonds. The van der Waals surface area contributed by atoms with E-state index in [1.807, 2.05) is 25.4 Å². The Morgan fingerprint density at radius 2 is 1.89 bits per heavy atom. The van der Waals surface area contributed by atoms with E-state index in [4.69, 9.17) is 5.73 Å². The molecule has 0 saturated carbocycles. The molecule has 0 unspecified atom stereocenters. The van der Waals surface area contributed by atoms with Crippen molar-refractivity contribution in [3.63, 3.8) is 0 Å². The van der Waals surface area contributed by atoms with Gasteiger partial charge in [0.05, 0.1) is 23.1 Å². The van der Waals surface area contributed by atoms with Crippen molar-refractivity contribution >= 4 is 17.2 Å². The monoisotopic (exact) mass is 375 g/mol.